The zero-order valence-electron chi connectivity index (χ0n) is 7.12. The molecule has 0 saturated heterocycles. The van der Waals surface area contributed by atoms with Crippen LogP contribution in [-0.2, 0) is 0 Å². The van der Waals surface area contributed by atoms with Gasteiger partial charge >= 0.3 is 0 Å². The van der Waals surface area contributed by atoms with Crippen molar-refractivity contribution in [2.75, 3.05) is 13.2 Å². The van der Waals surface area contributed by atoms with Crippen LogP contribution in [0.3, 0.4) is 0 Å². The van der Waals surface area contributed by atoms with Crippen molar-refractivity contribution >= 4 is 0 Å². The van der Waals surface area contributed by atoms with Gasteiger partial charge in [0.25, 0.3) is 0 Å². The maximum Gasteiger partial charge on any atom is 0.0839 e. The van der Waals surface area contributed by atoms with E-state index in [9.17, 15) is 4.91 Å². The maximum absolute atomic E-state index is 9.91. The summed E-state index contributed by atoms with van der Waals surface area (Å²) < 4.78 is 0. The van der Waals surface area contributed by atoms with Crippen molar-refractivity contribution in [3.05, 3.63) is 4.91 Å². The molecular formula is C8H17NO2. The van der Waals surface area contributed by atoms with Gasteiger partial charge in [0.1, 0.15) is 0 Å². The minimum Gasteiger partial charge on any atom is -0.396 e. The smallest absolute Gasteiger partial charge is 0.0839 e. The fourth-order valence-corrected chi connectivity index (χ4v) is 1.07. The first-order chi connectivity index (χ1) is 5.35. The molecule has 1 N–H and O–H groups in total. The second-order valence-electron chi connectivity index (χ2n) is 2.81. The minimum atomic E-state index is 0.255. The van der Waals surface area contributed by atoms with Crippen LogP contribution in [0.25, 0.3) is 0 Å². The van der Waals surface area contributed by atoms with E-state index in [0.717, 1.165) is 25.7 Å². The van der Waals surface area contributed by atoms with Crippen LogP contribution in [0.1, 0.15) is 32.6 Å². The number of hydrogen-bond donors (Lipinski definition) is 1. The van der Waals surface area contributed by atoms with Crippen molar-refractivity contribution in [3.8, 4) is 0 Å². The van der Waals surface area contributed by atoms with E-state index in [1.54, 1.807) is 0 Å². The minimum absolute atomic E-state index is 0.255. The molecule has 11 heavy (non-hydrogen) atoms. The highest BCUT2D eigenvalue weighted by Gasteiger charge is 2.04. The zero-order chi connectivity index (χ0) is 8.53. The normalized spacial score (nSPS) is 12.9. The Kier molecular flexibility index (Phi) is 7.36. The predicted octanol–water partition coefficient (Wildman–Crippen LogP) is 1.94. The summed E-state index contributed by atoms with van der Waals surface area (Å²) >= 11 is 0. The number of nitrogens with zero attached hydrogens (tertiary/aromatic N) is 1. The van der Waals surface area contributed by atoms with E-state index in [-0.39, 0.29) is 6.61 Å². The second kappa shape index (κ2) is 7.66. The first-order valence-electron chi connectivity index (χ1n) is 4.25. The average Bonchev–Trinajstić information content (AvgIpc) is 2.03. The van der Waals surface area contributed by atoms with Crippen LogP contribution in [0.4, 0.5) is 0 Å². The molecule has 0 amide bonds. The molecule has 66 valence electrons. The van der Waals surface area contributed by atoms with Gasteiger partial charge in [0.2, 0.25) is 0 Å². The molecule has 0 fully saturated rings. The van der Waals surface area contributed by atoms with Gasteiger partial charge in [0.05, 0.1) is 6.54 Å². The molecule has 0 spiro atoms. The second-order valence-corrected chi connectivity index (χ2v) is 2.81. The Labute approximate surface area is 67.8 Å². The van der Waals surface area contributed by atoms with E-state index in [1.807, 2.05) is 0 Å². The molecule has 0 bridgehead atoms. The lowest BCUT2D eigenvalue weighted by atomic mass is 10.00. The monoisotopic (exact) mass is 159 g/mol. The molecule has 1 atom stereocenters. The van der Waals surface area contributed by atoms with E-state index in [1.165, 1.54) is 0 Å². The highest BCUT2D eigenvalue weighted by molar-refractivity contribution is 4.59. The van der Waals surface area contributed by atoms with Crippen LogP contribution in [0.5, 0.6) is 0 Å². The molecule has 0 saturated carbocycles. The van der Waals surface area contributed by atoms with Crippen LogP contribution in [-0.4, -0.2) is 18.3 Å². The fraction of sp³-hybridized carbons (Fsp3) is 1.00. The Bertz CT molecular complexity index is 96.1. The van der Waals surface area contributed by atoms with Gasteiger partial charge in [-0.05, 0) is 18.8 Å². The van der Waals surface area contributed by atoms with E-state index < -0.39 is 0 Å². The van der Waals surface area contributed by atoms with Gasteiger partial charge in [0.15, 0.2) is 0 Å². The molecule has 0 aliphatic carbocycles. The predicted molar refractivity (Wildman–Crippen MR) is 45.4 cm³/mol. The summed E-state index contributed by atoms with van der Waals surface area (Å²) in [5.74, 6) is 0.430. The summed E-state index contributed by atoms with van der Waals surface area (Å²) in [4.78, 5) is 9.91. The van der Waals surface area contributed by atoms with Gasteiger partial charge in [-0.15, -0.1) is 0 Å². The van der Waals surface area contributed by atoms with Gasteiger partial charge in [-0.2, -0.15) is 4.91 Å². The molecule has 0 aliphatic rings. The third kappa shape index (κ3) is 5.98. The summed E-state index contributed by atoms with van der Waals surface area (Å²) in [6.45, 7) is 2.75. The largest absolute Gasteiger partial charge is 0.396 e. The quantitative estimate of drug-likeness (QED) is 0.456. The van der Waals surface area contributed by atoms with Gasteiger partial charge in [-0.3, -0.25) is 0 Å². The van der Waals surface area contributed by atoms with E-state index in [0.29, 0.717) is 12.5 Å². The Morgan fingerprint density at radius 3 is 2.64 bits per heavy atom. The molecule has 0 rings (SSSR count). The highest BCUT2D eigenvalue weighted by atomic mass is 16.3. The molecule has 0 aliphatic heterocycles. The first-order valence-corrected chi connectivity index (χ1v) is 4.25. The lowest BCUT2D eigenvalue weighted by Crippen LogP contribution is -2.02. The van der Waals surface area contributed by atoms with Gasteiger partial charge < -0.3 is 5.11 Å². The fourth-order valence-electron chi connectivity index (χ4n) is 1.07. The van der Waals surface area contributed by atoms with E-state index in [2.05, 4.69) is 12.1 Å². The Balaban J connectivity index is 3.27. The van der Waals surface area contributed by atoms with E-state index >= 15 is 0 Å². The molecule has 3 nitrogen and oxygen atoms in total. The average molecular weight is 159 g/mol. The van der Waals surface area contributed by atoms with Crippen molar-refractivity contribution in [2.24, 2.45) is 11.1 Å². The lowest BCUT2D eigenvalue weighted by Gasteiger charge is -2.08. The molecule has 0 radical (unpaired) electrons. The number of rotatable bonds is 7. The van der Waals surface area contributed by atoms with Crippen LogP contribution >= 0.6 is 0 Å². The highest BCUT2D eigenvalue weighted by Crippen LogP contribution is 2.12. The summed E-state index contributed by atoms with van der Waals surface area (Å²) in [6.07, 6.45) is 3.87. The van der Waals surface area contributed by atoms with Crippen molar-refractivity contribution in [3.63, 3.8) is 0 Å². The molecule has 0 aromatic heterocycles. The summed E-state index contributed by atoms with van der Waals surface area (Å²) in [5.41, 5.74) is 0. The van der Waals surface area contributed by atoms with Gasteiger partial charge in [0, 0.05) is 6.61 Å². The number of aliphatic hydroxyl groups is 1. The summed E-state index contributed by atoms with van der Waals surface area (Å²) in [5, 5.41) is 11.4. The number of aliphatic hydroxyl groups excluding tert-OH is 1. The van der Waals surface area contributed by atoms with Gasteiger partial charge in [-0.1, -0.05) is 24.9 Å². The van der Waals surface area contributed by atoms with Crippen LogP contribution in [0.2, 0.25) is 0 Å². The Hall–Kier alpha value is -0.440. The first kappa shape index (κ1) is 10.6. The standard InChI is InChI=1S/C8H17NO2/c1-2-8(7-9-11)5-3-4-6-10/h8,10H,2-7H2,1H3. The molecule has 0 heterocycles. The van der Waals surface area contributed by atoms with Crippen molar-refractivity contribution in [1.29, 1.82) is 0 Å². The Morgan fingerprint density at radius 1 is 1.45 bits per heavy atom. The third-order valence-corrected chi connectivity index (χ3v) is 1.93. The number of hydrogen-bond acceptors (Lipinski definition) is 3. The van der Waals surface area contributed by atoms with Crippen LogP contribution in [0.15, 0.2) is 5.18 Å². The molecule has 0 aromatic rings. The van der Waals surface area contributed by atoms with Crippen LogP contribution < -0.4 is 0 Å². The molecule has 0 aromatic carbocycles. The SMILES string of the molecule is CCC(CCCCO)CN=O. The van der Waals surface area contributed by atoms with Crippen LogP contribution in [0, 0.1) is 10.8 Å². The molecule has 3 heteroatoms. The van der Waals surface area contributed by atoms with Crippen molar-refractivity contribution < 1.29 is 5.11 Å². The van der Waals surface area contributed by atoms with Crippen molar-refractivity contribution in [1.82, 2.24) is 0 Å². The van der Waals surface area contributed by atoms with Gasteiger partial charge in [-0.25, -0.2) is 0 Å². The number of nitroso groups, excluding NO2 is 1. The Morgan fingerprint density at radius 2 is 2.18 bits per heavy atom. The third-order valence-electron chi connectivity index (χ3n) is 1.93. The summed E-state index contributed by atoms with van der Waals surface area (Å²) in [6, 6.07) is 0. The molecule has 1 unspecified atom stereocenters. The zero-order valence-corrected chi connectivity index (χ0v) is 7.12. The van der Waals surface area contributed by atoms with Crippen molar-refractivity contribution in [2.45, 2.75) is 32.6 Å². The summed E-state index contributed by atoms with van der Waals surface area (Å²) in [7, 11) is 0. The maximum atomic E-state index is 9.91. The molecular weight excluding hydrogens is 142 g/mol. The number of unbranched alkanes of at least 4 members (excludes halogenated alkanes) is 1. The van der Waals surface area contributed by atoms with E-state index in [4.69, 9.17) is 5.11 Å². The lowest BCUT2D eigenvalue weighted by molar-refractivity contribution is 0.277. The topological polar surface area (TPSA) is 49.7 Å².